The Bertz CT molecular complexity index is 1230. The Morgan fingerprint density at radius 3 is 2.61 bits per heavy atom. The zero-order chi connectivity index (χ0) is 22.2. The fourth-order valence-corrected chi connectivity index (χ4v) is 5.77. The van der Waals surface area contributed by atoms with E-state index in [9.17, 15) is 0 Å². The van der Waals surface area contributed by atoms with Gasteiger partial charge in [-0.2, -0.15) is 0 Å². The van der Waals surface area contributed by atoms with Crippen molar-refractivity contribution in [3.63, 3.8) is 0 Å². The Morgan fingerprint density at radius 1 is 0.970 bits per heavy atom. The number of fused-ring (bicyclic) bond motifs is 2. The van der Waals surface area contributed by atoms with Crippen LogP contribution in [0.5, 0.6) is 5.88 Å². The molecule has 4 aromatic rings. The van der Waals surface area contributed by atoms with Crippen molar-refractivity contribution in [1.82, 2.24) is 34.4 Å². The van der Waals surface area contributed by atoms with Gasteiger partial charge >= 0.3 is 0 Å². The molecule has 0 amide bonds. The summed E-state index contributed by atoms with van der Waals surface area (Å²) < 4.78 is 8.89. The van der Waals surface area contributed by atoms with Crippen LogP contribution in [0, 0.1) is 18.8 Å². The van der Waals surface area contributed by atoms with E-state index in [4.69, 9.17) is 9.72 Å². The number of likely N-dealkylation sites (tertiary alicyclic amines) is 1. The molecule has 1 saturated carbocycles. The molecule has 2 aliphatic rings. The summed E-state index contributed by atoms with van der Waals surface area (Å²) in [4.78, 5) is 24.3. The zero-order valence-electron chi connectivity index (χ0n) is 18.7. The first-order valence-corrected chi connectivity index (χ1v) is 11.6. The van der Waals surface area contributed by atoms with E-state index in [0.717, 1.165) is 49.4 Å². The first-order chi connectivity index (χ1) is 16.2. The van der Waals surface area contributed by atoms with Crippen LogP contribution in [0.3, 0.4) is 0 Å². The van der Waals surface area contributed by atoms with Crippen LogP contribution in [0.2, 0.25) is 0 Å². The van der Waals surface area contributed by atoms with Gasteiger partial charge in [0.2, 0.25) is 5.88 Å². The minimum atomic E-state index is 0.0132. The Kier molecular flexibility index (Phi) is 5.22. The Balaban J connectivity index is 1.30. The van der Waals surface area contributed by atoms with Crippen LogP contribution in [-0.4, -0.2) is 53.6 Å². The third kappa shape index (κ3) is 3.95. The van der Waals surface area contributed by atoms with Crippen molar-refractivity contribution in [2.24, 2.45) is 11.8 Å². The number of para-hydroxylation sites is 2. The van der Waals surface area contributed by atoms with E-state index in [1.165, 1.54) is 5.52 Å². The predicted molar refractivity (Wildman–Crippen MR) is 123 cm³/mol. The second-order valence-corrected chi connectivity index (χ2v) is 9.22. The summed E-state index contributed by atoms with van der Waals surface area (Å²) in [7, 11) is 0. The number of aryl methyl sites for hydroxylation is 1. The molecule has 0 unspecified atom stereocenters. The van der Waals surface area contributed by atoms with Crippen molar-refractivity contribution >= 4 is 11.0 Å². The first-order valence-electron chi connectivity index (χ1n) is 11.6. The summed E-state index contributed by atoms with van der Waals surface area (Å²) in [5.41, 5.74) is 3.37. The maximum absolute atomic E-state index is 6.50. The van der Waals surface area contributed by atoms with Crippen molar-refractivity contribution in [2.45, 2.75) is 38.5 Å². The van der Waals surface area contributed by atoms with E-state index in [1.807, 2.05) is 18.5 Å². The number of hydrogen-bond acceptors (Lipinski definition) is 7. The van der Waals surface area contributed by atoms with Crippen LogP contribution in [0.15, 0.2) is 61.6 Å². The number of benzene rings is 1. The highest BCUT2D eigenvalue weighted by molar-refractivity contribution is 5.76. The molecule has 168 valence electrons. The number of nitrogens with zero attached hydrogens (tertiary/aromatic N) is 7. The van der Waals surface area contributed by atoms with Gasteiger partial charge < -0.3 is 9.30 Å². The topological polar surface area (TPSA) is 81.9 Å². The molecule has 0 N–H and O–H groups in total. The fraction of sp³-hybridized carbons (Fsp3) is 0.400. The normalized spacial score (nSPS) is 25.2. The number of aromatic nitrogens is 6. The van der Waals surface area contributed by atoms with Gasteiger partial charge in [0.1, 0.15) is 18.3 Å². The smallest absolute Gasteiger partial charge is 0.232 e. The first kappa shape index (κ1) is 20.2. The van der Waals surface area contributed by atoms with Crippen LogP contribution in [0.25, 0.3) is 11.0 Å². The molecular formula is C25H27N7O. The van der Waals surface area contributed by atoms with Crippen molar-refractivity contribution in [3.05, 3.63) is 73.0 Å². The largest absolute Gasteiger partial charge is 0.471 e. The van der Waals surface area contributed by atoms with Crippen LogP contribution < -0.4 is 4.74 Å². The average molecular weight is 442 g/mol. The lowest BCUT2D eigenvalue weighted by Gasteiger charge is -2.39. The standard InChI is InChI=1S/C25H27N7O/c1-17-30-21-4-2-3-5-22(21)32(17)23-8-19-14-31(13-18-10-27-16-28-11-18)15-20(19)9-24(23)33-25-12-26-6-7-29-25/h2-7,10-12,16,19-20,23-24H,8-9,13-15H2,1H3/t19-,20+,23-,24-/m0/s1. The van der Waals surface area contributed by atoms with Crippen LogP contribution in [0.4, 0.5) is 0 Å². The number of imidazole rings is 1. The predicted octanol–water partition coefficient (Wildman–Crippen LogP) is 3.46. The highest BCUT2D eigenvalue weighted by Crippen LogP contribution is 2.44. The molecule has 8 heteroatoms. The Labute approximate surface area is 192 Å². The van der Waals surface area contributed by atoms with Crippen LogP contribution in [-0.2, 0) is 6.54 Å². The third-order valence-electron chi connectivity index (χ3n) is 7.10. The van der Waals surface area contributed by atoms with Crippen molar-refractivity contribution in [1.29, 1.82) is 0 Å². The summed E-state index contributed by atoms with van der Waals surface area (Å²) in [6, 6.07) is 8.58. The van der Waals surface area contributed by atoms with Gasteiger partial charge in [0, 0.05) is 50.0 Å². The van der Waals surface area contributed by atoms with E-state index in [2.05, 4.69) is 54.5 Å². The van der Waals surface area contributed by atoms with Crippen LogP contribution >= 0.6 is 0 Å². The lowest BCUT2D eigenvalue weighted by atomic mass is 9.77. The second-order valence-electron chi connectivity index (χ2n) is 9.22. The highest BCUT2D eigenvalue weighted by atomic mass is 16.5. The van der Waals surface area contributed by atoms with Gasteiger partial charge in [-0.05, 0) is 43.7 Å². The lowest BCUT2D eigenvalue weighted by molar-refractivity contribution is 0.0519. The SMILES string of the molecule is Cc1nc2ccccc2n1[C@H]1C[C@H]2CN(Cc3cncnc3)C[C@H]2C[C@@H]1Oc1cnccn1. The Hall–Kier alpha value is -3.39. The Morgan fingerprint density at radius 2 is 1.79 bits per heavy atom. The van der Waals surface area contributed by atoms with Gasteiger partial charge in [0.05, 0.1) is 23.3 Å². The minimum absolute atomic E-state index is 0.0132. The highest BCUT2D eigenvalue weighted by Gasteiger charge is 2.44. The fourth-order valence-electron chi connectivity index (χ4n) is 5.77. The molecular weight excluding hydrogens is 414 g/mol. The molecule has 6 rings (SSSR count). The number of ether oxygens (including phenoxy) is 1. The quantitative estimate of drug-likeness (QED) is 0.469. The third-order valence-corrected chi connectivity index (χ3v) is 7.10. The van der Waals surface area contributed by atoms with Gasteiger partial charge in [-0.25, -0.2) is 19.9 Å². The van der Waals surface area contributed by atoms with Crippen molar-refractivity contribution in [2.75, 3.05) is 13.1 Å². The van der Waals surface area contributed by atoms with Gasteiger partial charge in [-0.1, -0.05) is 12.1 Å². The van der Waals surface area contributed by atoms with Crippen molar-refractivity contribution in [3.8, 4) is 5.88 Å². The van der Waals surface area contributed by atoms with Gasteiger partial charge in [-0.15, -0.1) is 0 Å². The summed E-state index contributed by atoms with van der Waals surface area (Å²) in [5.74, 6) is 2.82. The molecule has 4 atom stereocenters. The molecule has 8 nitrogen and oxygen atoms in total. The molecule has 0 radical (unpaired) electrons. The average Bonchev–Trinajstić information content (AvgIpc) is 3.38. The van der Waals surface area contributed by atoms with E-state index in [1.54, 1.807) is 24.9 Å². The maximum Gasteiger partial charge on any atom is 0.232 e. The monoisotopic (exact) mass is 441 g/mol. The molecule has 0 spiro atoms. The summed E-state index contributed by atoms with van der Waals surface area (Å²) in [5, 5.41) is 0. The minimum Gasteiger partial charge on any atom is -0.471 e. The second kappa shape index (κ2) is 8.51. The summed E-state index contributed by atoms with van der Waals surface area (Å²) in [6.07, 6.45) is 12.5. The van der Waals surface area contributed by atoms with E-state index >= 15 is 0 Å². The van der Waals surface area contributed by atoms with Crippen LogP contribution in [0.1, 0.15) is 30.3 Å². The molecule has 1 aliphatic heterocycles. The molecule has 1 saturated heterocycles. The maximum atomic E-state index is 6.50. The molecule has 2 fully saturated rings. The molecule has 0 bridgehead atoms. The number of rotatable bonds is 5. The van der Waals surface area contributed by atoms with Gasteiger partial charge in [-0.3, -0.25) is 9.88 Å². The molecule has 4 heterocycles. The van der Waals surface area contributed by atoms with E-state index in [-0.39, 0.29) is 12.1 Å². The number of hydrogen-bond donors (Lipinski definition) is 0. The molecule has 1 aromatic carbocycles. The van der Waals surface area contributed by atoms with Gasteiger partial charge in [0.25, 0.3) is 0 Å². The summed E-state index contributed by atoms with van der Waals surface area (Å²) >= 11 is 0. The molecule has 33 heavy (non-hydrogen) atoms. The zero-order valence-corrected chi connectivity index (χ0v) is 18.7. The van der Waals surface area contributed by atoms with E-state index in [0.29, 0.717) is 17.7 Å². The molecule has 1 aliphatic carbocycles. The lowest BCUT2D eigenvalue weighted by Crippen LogP contribution is -2.40. The summed E-state index contributed by atoms with van der Waals surface area (Å²) in [6.45, 7) is 5.14. The van der Waals surface area contributed by atoms with Crippen molar-refractivity contribution < 1.29 is 4.74 Å². The molecule has 3 aromatic heterocycles. The van der Waals surface area contributed by atoms with Gasteiger partial charge in [0.15, 0.2) is 0 Å². The van der Waals surface area contributed by atoms with E-state index < -0.39 is 0 Å².